The molecule has 1 saturated heterocycles. The predicted octanol–water partition coefficient (Wildman–Crippen LogP) is 1.34. The molecule has 1 fully saturated rings. The maximum atomic E-state index is 11.6. The molecule has 0 saturated carbocycles. The summed E-state index contributed by atoms with van der Waals surface area (Å²) in [6, 6.07) is 5.61. The Morgan fingerprint density at radius 1 is 1.67 bits per heavy atom. The second kappa shape index (κ2) is 5.50. The van der Waals surface area contributed by atoms with Crippen LogP contribution in [0.15, 0.2) is 18.3 Å². The van der Waals surface area contributed by atoms with Gasteiger partial charge in [0.05, 0.1) is 18.6 Å². The van der Waals surface area contributed by atoms with Gasteiger partial charge in [-0.25, -0.2) is 4.98 Å². The highest BCUT2D eigenvalue weighted by Gasteiger charge is 2.28. The molecule has 18 heavy (non-hydrogen) atoms. The van der Waals surface area contributed by atoms with Crippen LogP contribution in [0.5, 0.6) is 0 Å². The maximum absolute atomic E-state index is 11.6. The molecular formula is C13H15N3O2. The first-order valence-corrected chi connectivity index (χ1v) is 5.94. The Morgan fingerprint density at radius 3 is 3.22 bits per heavy atom. The molecule has 1 aromatic rings. The monoisotopic (exact) mass is 245 g/mol. The zero-order valence-electron chi connectivity index (χ0n) is 10.3. The van der Waals surface area contributed by atoms with Crippen molar-refractivity contribution in [3.05, 3.63) is 23.9 Å². The Kier molecular flexibility index (Phi) is 3.78. The Morgan fingerprint density at radius 2 is 2.50 bits per heavy atom. The van der Waals surface area contributed by atoms with Crippen molar-refractivity contribution in [1.29, 1.82) is 5.26 Å². The smallest absolute Gasteiger partial charge is 0.310 e. The zero-order valence-corrected chi connectivity index (χ0v) is 10.3. The van der Waals surface area contributed by atoms with Crippen LogP contribution in [0.25, 0.3) is 0 Å². The molecule has 1 unspecified atom stereocenters. The zero-order chi connectivity index (χ0) is 13.0. The summed E-state index contributed by atoms with van der Waals surface area (Å²) in [7, 11) is 1.41. The van der Waals surface area contributed by atoms with Crippen molar-refractivity contribution in [2.24, 2.45) is 5.92 Å². The molecule has 2 rings (SSSR count). The van der Waals surface area contributed by atoms with E-state index in [4.69, 9.17) is 10.00 Å². The Balaban J connectivity index is 2.18. The molecular weight excluding hydrogens is 230 g/mol. The van der Waals surface area contributed by atoms with E-state index in [2.05, 4.69) is 11.1 Å². The minimum absolute atomic E-state index is 0.128. The number of carbonyl (C=O) groups is 1. The number of rotatable bonds is 2. The molecule has 1 aromatic heterocycles. The first kappa shape index (κ1) is 12.4. The van der Waals surface area contributed by atoms with Gasteiger partial charge in [0, 0.05) is 19.3 Å². The summed E-state index contributed by atoms with van der Waals surface area (Å²) in [5, 5.41) is 9.06. The summed E-state index contributed by atoms with van der Waals surface area (Å²) in [6.45, 7) is 1.39. The number of methoxy groups -OCH3 is 1. The second-order valence-corrected chi connectivity index (χ2v) is 4.29. The highest BCUT2D eigenvalue weighted by Crippen LogP contribution is 2.24. The Hall–Kier alpha value is -2.09. The van der Waals surface area contributed by atoms with Crippen molar-refractivity contribution in [2.45, 2.75) is 12.8 Å². The quantitative estimate of drug-likeness (QED) is 0.736. The van der Waals surface area contributed by atoms with E-state index in [-0.39, 0.29) is 11.9 Å². The number of aromatic nitrogens is 1. The molecule has 0 amide bonds. The van der Waals surface area contributed by atoms with Crippen LogP contribution in [0.4, 0.5) is 5.82 Å². The van der Waals surface area contributed by atoms with Gasteiger partial charge in [-0.15, -0.1) is 0 Å². The third-order valence-electron chi connectivity index (χ3n) is 3.16. The number of nitriles is 1. The molecule has 94 valence electrons. The Bertz CT molecular complexity index is 481. The van der Waals surface area contributed by atoms with Crippen molar-refractivity contribution < 1.29 is 9.53 Å². The van der Waals surface area contributed by atoms with Gasteiger partial charge in [-0.05, 0) is 25.0 Å². The summed E-state index contributed by atoms with van der Waals surface area (Å²) < 4.78 is 4.78. The normalized spacial score (nSPS) is 19.1. The molecule has 0 N–H and O–H groups in total. The number of ether oxygens (including phenoxy) is 1. The first-order valence-electron chi connectivity index (χ1n) is 5.94. The number of piperidine rings is 1. The van der Waals surface area contributed by atoms with Crippen molar-refractivity contribution in [2.75, 3.05) is 25.1 Å². The fourth-order valence-corrected chi connectivity index (χ4v) is 2.26. The SMILES string of the molecule is COC(=O)C1CCCN(c2ncccc2C#N)C1. The van der Waals surface area contributed by atoms with E-state index in [1.807, 2.05) is 4.90 Å². The van der Waals surface area contributed by atoms with Gasteiger partial charge in [0.25, 0.3) is 0 Å². The molecule has 0 spiro atoms. The van der Waals surface area contributed by atoms with Crippen molar-refractivity contribution in [3.63, 3.8) is 0 Å². The standard InChI is InChI=1S/C13H15N3O2/c1-18-13(17)11-5-3-7-16(9-11)12-10(8-14)4-2-6-15-12/h2,4,6,11H,3,5,7,9H2,1H3. The van der Waals surface area contributed by atoms with E-state index in [9.17, 15) is 4.79 Å². The van der Waals surface area contributed by atoms with Crippen LogP contribution in [0.1, 0.15) is 18.4 Å². The number of carbonyl (C=O) groups excluding carboxylic acids is 1. The number of esters is 1. The maximum Gasteiger partial charge on any atom is 0.310 e. The summed E-state index contributed by atoms with van der Waals surface area (Å²) in [4.78, 5) is 17.8. The lowest BCUT2D eigenvalue weighted by Crippen LogP contribution is -2.40. The molecule has 1 aliphatic heterocycles. The number of hydrogen-bond acceptors (Lipinski definition) is 5. The van der Waals surface area contributed by atoms with Gasteiger partial charge < -0.3 is 9.64 Å². The van der Waals surface area contributed by atoms with Gasteiger partial charge in [0.1, 0.15) is 11.9 Å². The molecule has 0 aromatic carbocycles. The molecule has 0 aliphatic carbocycles. The number of pyridine rings is 1. The van der Waals surface area contributed by atoms with Crippen molar-refractivity contribution in [1.82, 2.24) is 4.98 Å². The van der Waals surface area contributed by atoms with E-state index in [1.165, 1.54) is 7.11 Å². The van der Waals surface area contributed by atoms with E-state index >= 15 is 0 Å². The van der Waals surface area contributed by atoms with Crippen LogP contribution in [0, 0.1) is 17.2 Å². The first-order chi connectivity index (χ1) is 8.76. The van der Waals surface area contributed by atoms with E-state index in [0.717, 1.165) is 19.4 Å². The number of hydrogen-bond donors (Lipinski definition) is 0. The van der Waals surface area contributed by atoms with Crippen molar-refractivity contribution >= 4 is 11.8 Å². The van der Waals surface area contributed by atoms with Crippen LogP contribution in [0.2, 0.25) is 0 Å². The molecule has 0 radical (unpaired) electrons. The molecule has 5 nitrogen and oxygen atoms in total. The number of anilines is 1. The van der Waals surface area contributed by atoms with Gasteiger partial charge in [-0.3, -0.25) is 4.79 Å². The number of nitrogens with zero attached hydrogens (tertiary/aromatic N) is 3. The molecule has 5 heteroatoms. The third-order valence-corrected chi connectivity index (χ3v) is 3.16. The fourth-order valence-electron chi connectivity index (χ4n) is 2.26. The van der Waals surface area contributed by atoms with Crippen LogP contribution < -0.4 is 4.90 Å². The van der Waals surface area contributed by atoms with Gasteiger partial charge in [-0.1, -0.05) is 0 Å². The minimum atomic E-state index is -0.186. The van der Waals surface area contributed by atoms with Gasteiger partial charge >= 0.3 is 5.97 Å². The average molecular weight is 245 g/mol. The molecule has 1 atom stereocenters. The summed E-state index contributed by atoms with van der Waals surface area (Å²) in [5.41, 5.74) is 0.544. The highest BCUT2D eigenvalue weighted by atomic mass is 16.5. The largest absolute Gasteiger partial charge is 0.469 e. The second-order valence-electron chi connectivity index (χ2n) is 4.29. The van der Waals surface area contributed by atoms with E-state index in [1.54, 1.807) is 18.3 Å². The summed E-state index contributed by atoms with van der Waals surface area (Å²) >= 11 is 0. The third kappa shape index (κ3) is 2.43. The van der Waals surface area contributed by atoms with Crippen LogP contribution in [-0.2, 0) is 9.53 Å². The van der Waals surface area contributed by atoms with E-state index in [0.29, 0.717) is 17.9 Å². The molecule has 1 aliphatic rings. The van der Waals surface area contributed by atoms with Crippen LogP contribution >= 0.6 is 0 Å². The summed E-state index contributed by atoms with van der Waals surface area (Å²) in [6.07, 6.45) is 3.40. The van der Waals surface area contributed by atoms with Crippen LogP contribution in [0.3, 0.4) is 0 Å². The molecule has 2 heterocycles. The minimum Gasteiger partial charge on any atom is -0.469 e. The lowest BCUT2D eigenvalue weighted by atomic mass is 9.98. The Labute approximate surface area is 106 Å². The van der Waals surface area contributed by atoms with Crippen LogP contribution in [-0.4, -0.2) is 31.2 Å². The van der Waals surface area contributed by atoms with Gasteiger partial charge in [0.2, 0.25) is 0 Å². The van der Waals surface area contributed by atoms with E-state index < -0.39 is 0 Å². The summed E-state index contributed by atoms with van der Waals surface area (Å²) in [5.74, 6) is 0.347. The topological polar surface area (TPSA) is 66.2 Å². The van der Waals surface area contributed by atoms with Gasteiger partial charge in [-0.2, -0.15) is 5.26 Å². The predicted molar refractivity (Wildman–Crippen MR) is 65.9 cm³/mol. The highest BCUT2D eigenvalue weighted by molar-refractivity contribution is 5.73. The fraction of sp³-hybridized carbons (Fsp3) is 0.462. The average Bonchev–Trinajstić information content (AvgIpc) is 2.46. The molecule has 0 bridgehead atoms. The van der Waals surface area contributed by atoms with Crippen molar-refractivity contribution in [3.8, 4) is 6.07 Å². The lowest BCUT2D eigenvalue weighted by molar-refractivity contribution is -0.145. The van der Waals surface area contributed by atoms with Gasteiger partial charge in [0.15, 0.2) is 0 Å². The lowest BCUT2D eigenvalue weighted by Gasteiger charge is -2.32.